The number of esters is 1. The number of nitrogens with zero attached hydrogens (tertiary/aromatic N) is 1. The van der Waals surface area contributed by atoms with Crippen LogP contribution >= 0.6 is 0 Å². The fourth-order valence-electron chi connectivity index (χ4n) is 1.99. The van der Waals surface area contributed by atoms with Crippen LogP contribution in [0.3, 0.4) is 0 Å². The second kappa shape index (κ2) is 7.71. The van der Waals surface area contributed by atoms with E-state index in [0.717, 1.165) is 5.56 Å². The fourth-order valence-corrected chi connectivity index (χ4v) is 2.57. The van der Waals surface area contributed by atoms with E-state index in [0.29, 0.717) is 16.9 Å². The van der Waals surface area contributed by atoms with Crippen LogP contribution in [0.2, 0.25) is 0 Å². The largest absolute Gasteiger partial charge is 0.755 e. The lowest BCUT2D eigenvalue weighted by Gasteiger charge is -2.26. The molecule has 0 heterocycles. The summed E-state index contributed by atoms with van der Waals surface area (Å²) in [5.41, 5.74) is 2.75. The average Bonchev–Trinajstić information content (AvgIpc) is 2.55. The maximum absolute atomic E-state index is 11.6. The van der Waals surface area contributed by atoms with Crippen LogP contribution in [0.5, 0.6) is 0 Å². The Bertz CT molecular complexity index is 741. The van der Waals surface area contributed by atoms with E-state index in [-0.39, 0.29) is 0 Å². The molecule has 2 rings (SSSR count). The summed E-state index contributed by atoms with van der Waals surface area (Å²) >= 11 is -2.47. The highest BCUT2D eigenvalue weighted by molar-refractivity contribution is 7.81. The molecule has 1 atom stereocenters. The van der Waals surface area contributed by atoms with Gasteiger partial charge in [0.2, 0.25) is 0 Å². The van der Waals surface area contributed by atoms with Crippen LogP contribution in [0.15, 0.2) is 54.6 Å². The zero-order valence-corrected chi connectivity index (χ0v) is 13.6. The Kier molecular flexibility index (Phi) is 5.67. The Balaban J connectivity index is 2.37. The predicted molar refractivity (Wildman–Crippen MR) is 89.7 cm³/mol. The molecule has 0 N–H and O–H groups in total. The highest BCUT2D eigenvalue weighted by atomic mass is 32.2. The van der Waals surface area contributed by atoms with Gasteiger partial charge in [0.05, 0.1) is 29.8 Å². The summed E-state index contributed by atoms with van der Waals surface area (Å²) in [6.45, 7) is 1.93. The first-order valence-corrected chi connectivity index (χ1v) is 7.86. The molecule has 0 amide bonds. The Morgan fingerprint density at radius 3 is 2.48 bits per heavy atom. The van der Waals surface area contributed by atoms with Crippen molar-refractivity contribution >= 4 is 34.7 Å². The van der Waals surface area contributed by atoms with Gasteiger partial charge in [-0.3, -0.25) is 8.51 Å². The van der Waals surface area contributed by atoms with Crippen molar-refractivity contribution in [3.8, 4) is 0 Å². The lowest BCUT2D eigenvalue weighted by Crippen LogP contribution is -2.19. The molecule has 0 radical (unpaired) electrons. The van der Waals surface area contributed by atoms with Gasteiger partial charge < -0.3 is 9.29 Å². The molecule has 0 bridgehead atoms. The SMILES string of the molecule is COC(=O)C=Cc1cccc(N(c2ccc(C)cc2)S(=O)[O-])c1. The number of anilines is 2. The average molecular weight is 330 g/mol. The second-order valence-corrected chi connectivity index (χ2v) is 5.60. The van der Waals surface area contributed by atoms with E-state index in [4.69, 9.17) is 0 Å². The van der Waals surface area contributed by atoms with Crippen LogP contribution < -0.4 is 4.31 Å². The zero-order chi connectivity index (χ0) is 16.8. The van der Waals surface area contributed by atoms with Crippen molar-refractivity contribution < 1.29 is 18.3 Å². The van der Waals surface area contributed by atoms with Gasteiger partial charge in [-0.25, -0.2) is 4.79 Å². The van der Waals surface area contributed by atoms with E-state index in [9.17, 15) is 13.6 Å². The second-order valence-electron chi connectivity index (χ2n) is 4.80. The van der Waals surface area contributed by atoms with Gasteiger partial charge >= 0.3 is 5.97 Å². The predicted octanol–water partition coefficient (Wildman–Crippen LogP) is 3.11. The quantitative estimate of drug-likeness (QED) is 0.480. The Labute approximate surface area is 137 Å². The van der Waals surface area contributed by atoms with Gasteiger partial charge in [-0.1, -0.05) is 29.8 Å². The molecule has 0 aliphatic carbocycles. The number of rotatable bonds is 5. The van der Waals surface area contributed by atoms with Gasteiger partial charge in [-0.2, -0.15) is 0 Å². The van der Waals surface area contributed by atoms with Gasteiger partial charge in [0.25, 0.3) is 0 Å². The molecule has 0 aromatic heterocycles. The molecule has 0 saturated carbocycles. The fraction of sp³-hybridized carbons (Fsp3) is 0.118. The summed E-state index contributed by atoms with van der Waals surface area (Å²) in [7, 11) is 1.29. The van der Waals surface area contributed by atoms with E-state index in [1.165, 1.54) is 17.5 Å². The first-order chi connectivity index (χ1) is 11.0. The minimum absolute atomic E-state index is 0.474. The van der Waals surface area contributed by atoms with Gasteiger partial charge in [-0.05, 0) is 42.8 Å². The van der Waals surface area contributed by atoms with Crippen molar-refractivity contribution in [2.24, 2.45) is 0 Å². The minimum atomic E-state index is -2.47. The topological polar surface area (TPSA) is 69.7 Å². The molecular formula is C17H16NO4S-. The van der Waals surface area contributed by atoms with Crippen LogP contribution in [0.25, 0.3) is 6.08 Å². The summed E-state index contributed by atoms with van der Waals surface area (Å²) < 4.78 is 29.0. The molecule has 2 aromatic rings. The van der Waals surface area contributed by atoms with Crippen molar-refractivity contribution in [2.75, 3.05) is 11.4 Å². The summed E-state index contributed by atoms with van der Waals surface area (Å²) in [6.07, 6.45) is 2.85. The van der Waals surface area contributed by atoms with Crippen LogP contribution in [-0.2, 0) is 20.8 Å². The molecule has 23 heavy (non-hydrogen) atoms. The lowest BCUT2D eigenvalue weighted by molar-refractivity contribution is -0.134. The summed E-state index contributed by atoms with van der Waals surface area (Å²) in [4.78, 5) is 11.1. The number of aryl methyl sites for hydroxylation is 1. The van der Waals surface area contributed by atoms with Crippen LogP contribution in [0.4, 0.5) is 11.4 Å². The molecule has 0 aliphatic rings. The number of hydrogen-bond donors (Lipinski definition) is 0. The zero-order valence-electron chi connectivity index (χ0n) is 12.8. The summed E-state index contributed by atoms with van der Waals surface area (Å²) in [5, 5.41) is 0. The van der Waals surface area contributed by atoms with Gasteiger partial charge in [0.1, 0.15) is 0 Å². The van der Waals surface area contributed by atoms with Crippen molar-refractivity contribution in [1.29, 1.82) is 0 Å². The van der Waals surface area contributed by atoms with E-state index < -0.39 is 17.2 Å². The minimum Gasteiger partial charge on any atom is -0.755 e. The van der Waals surface area contributed by atoms with Gasteiger partial charge in [0, 0.05) is 6.08 Å². The molecule has 0 spiro atoms. The number of benzene rings is 2. The highest BCUT2D eigenvalue weighted by Gasteiger charge is 2.10. The molecule has 5 nitrogen and oxygen atoms in total. The van der Waals surface area contributed by atoms with Crippen LogP contribution in [0, 0.1) is 6.92 Å². The smallest absolute Gasteiger partial charge is 0.330 e. The normalized spacial score (nSPS) is 12.1. The maximum atomic E-state index is 11.6. The standard InChI is InChI=1S/C17H17NO4S/c1-13-6-9-15(10-7-13)18(23(20)21)16-5-3-4-14(12-16)8-11-17(19)22-2/h3-12H,1-2H3,(H,20,21)/p-1. The Hall–Kier alpha value is -2.44. The monoisotopic (exact) mass is 330 g/mol. The third-order valence-electron chi connectivity index (χ3n) is 3.14. The number of methoxy groups -OCH3 is 1. The Morgan fingerprint density at radius 1 is 1.17 bits per heavy atom. The number of ether oxygens (including phenoxy) is 1. The van der Waals surface area contributed by atoms with Gasteiger partial charge in [0.15, 0.2) is 0 Å². The van der Waals surface area contributed by atoms with Crippen LogP contribution in [-0.4, -0.2) is 21.8 Å². The molecular weight excluding hydrogens is 314 g/mol. The molecule has 6 heteroatoms. The van der Waals surface area contributed by atoms with E-state index in [1.54, 1.807) is 42.5 Å². The molecule has 2 aromatic carbocycles. The van der Waals surface area contributed by atoms with Crippen molar-refractivity contribution in [1.82, 2.24) is 0 Å². The molecule has 0 fully saturated rings. The number of carbonyl (C=O) groups excluding carboxylic acids is 1. The van der Waals surface area contributed by atoms with Gasteiger partial charge in [-0.15, -0.1) is 0 Å². The third-order valence-corrected chi connectivity index (χ3v) is 3.86. The van der Waals surface area contributed by atoms with Crippen molar-refractivity contribution in [3.63, 3.8) is 0 Å². The molecule has 0 aliphatic heterocycles. The number of carbonyl (C=O) groups is 1. The summed E-state index contributed by atoms with van der Waals surface area (Å²) in [5.74, 6) is -0.474. The highest BCUT2D eigenvalue weighted by Crippen LogP contribution is 2.28. The summed E-state index contributed by atoms with van der Waals surface area (Å²) in [6, 6.07) is 14.0. The Morgan fingerprint density at radius 2 is 1.87 bits per heavy atom. The first kappa shape index (κ1) is 16.9. The van der Waals surface area contributed by atoms with Crippen molar-refractivity contribution in [2.45, 2.75) is 6.92 Å². The van der Waals surface area contributed by atoms with E-state index in [2.05, 4.69) is 4.74 Å². The molecule has 0 saturated heterocycles. The maximum Gasteiger partial charge on any atom is 0.330 e. The molecule has 1 unspecified atom stereocenters. The third kappa shape index (κ3) is 4.51. The van der Waals surface area contributed by atoms with E-state index >= 15 is 0 Å². The van der Waals surface area contributed by atoms with E-state index in [1.807, 2.05) is 19.1 Å². The van der Waals surface area contributed by atoms with Crippen molar-refractivity contribution in [3.05, 3.63) is 65.7 Å². The molecule has 120 valence electrons. The van der Waals surface area contributed by atoms with Crippen LogP contribution in [0.1, 0.15) is 11.1 Å². The first-order valence-electron chi connectivity index (χ1n) is 6.83. The number of hydrogen-bond acceptors (Lipinski definition) is 4. The lowest BCUT2D eigenvalue weighted by atomic mass is 10.1.